The van der Waals surface area contributed by atoms with Crippen LogP contribution in [0.3, 0.4) is 0 Å². The van der Waals surface area contributed by atoms with Gasteiger partial charge in [0.1, 0.15) is 0 Å². The third-order valence-electron chi connectivity index (χ3n) is 4.73. The zero-order valence-corrected chi connectivity index (χ0v) is 12.1. The molecule has 0 amide bonds. The summed E-state index contributed by atoms with van der Waals surface area (Å²) in [4.78, 5) is 2.37. The first kappa shape index (κ1) is 16.0. The zero-order chi connectivity index (χ0) is 14.9. The van der Waals surface area contributed by atoms with E-state index in [-0.39, 0.29) is 6.04 Å². The van der Waals surface area contributed by atoms with Gasteiger partial charge in [0, 0.05) is 25.2 Å². The molecule has 0 aromatic heterocycles. The topological polar surface area (TPSA) is 15.3 Å². The maximum Gasteiger partial charge on any atom is 0.319 e. The van der Waals surface area contributed by atoms with Crippen LogP contribution in [0.2, 0.25) is 0 Å². The van der Waals surface area contributed by atoms with Gasteiger partial charge in [0.15, 0.2) is 0 Å². The second-order valence-electron chi connectivity index (χ2n) is 6.47. The molecule has 0 aromatic rings. The van der Waals surface area contributed by atoms with Gasteiger partial charge < -0.3 is 10.2 Å². The second kappa shape index (κ2) is 6.18. The summed E-state index contributed by atoms with van der Waals surface area (Å²) < 4.78 is 50.6. The molecular formula is C14H24F4N2. The molecule has 2 unspecified atom stereocenters. The maximum absolute atomic E-state index is 13.1. The molecule has 0 radical (unpaired) electrons. The van der Waals surface area contributed by atoms with Crippen LogP contribution in [0.1, 0.15) is 33.1 Å². The van der Waals surface area contributed by atoms with Crippen LogP contribution < -0.4 is 5.32 Å². The molecule has 2 bridgehead atoms. The van der Waals surface area contributed by atoms with Crippen molar-refractivity contribution in [3.63, 3.8) is 0 Å². The lowest BCUT2D eigenvalue weighted by Gasteiger charge is -2.49. The summed E-state index contributed by atoms with van der Waals surface area (Å²) in [5.74, 6) is -3.32. The predicted molar refractivity (Wildman–Crippen MR) is 70.3 cm³/mol. The number of alkyl halides is 4. The third kappa shape index (κ3) is 3.45. The average molecular weight is 296 g/mol. The molecule has 0 spiro atoms. The minimum atomic E-state index is -3.93. The lowest BCUT2D eigenvalue weighted by Crippen LogP contribution is -2.60. The van der Waals surface area contributed by atoms with E-state index in [1.54, 1.807) is 0 Å². The van der Waals surface area contributed by atoms with Crippen molar-refractivity contribution in [3.05, 3.63) is 0 Å². The fourth-order valence-corrected chi connectivity index (χ4v) is 3.56. The van der Waals surface area contributed by atoms with E-state index < -0.39 is 18.9 Å². The molecular weight excluding hydrogens is 272 g/mol. The van der Waals surface area contributed by atoms with Crippen LogP contribution in [0, 0.1) is 11.8 Å². The molecule has 6 heteroatoms. The van der Waals surface area contributed by atoms with Crippen LogP contribution in [-0.4, -0.2) is 49.0 Å². The van der Waals surface area contributed by atoms with Gasteiger partial charge in [-0.2, -0.15) is 8.78 Å². The Balaban J connectivity index is 1.95. The standard InChI is InChI=1S/C14H24F4N2/c1-9(2)20-6-10-4-3-5-11(7-20)12(10)19-8-14(17,18)13(15)16/h9-13,19H,3-8H2,1-2H3. The summed E-state index contributed by atoms with van der Waals surface area (Å²) in [7, 11) is 0. The summed E-state index contributed by atoms with van der Waals surface area (Å²) >= 11 is 0. The van der Waals surface area contributed by atoms with Crippen molar-refractivity contribution >= 4 is 0 Å². The van der Waals surface area contributed by atoms with Gasteiger partial charge in [-0.3, -0.25) is 0 Å². The first-order valence-corrected chi connectivity index (χ1v) is 7.44. The fraction of sp³-hybridized carbons (Fsp3) is 1.00. The lowest BCUT2D eigenvalue weighted by molar-refractivity contribution is -0.129. The van der Waals surface area contributed by atoms with Gasteiger partial charge in [-0.1, -0.05) is 6.42 Å². The number of nitrogens with zero attached hydrogens (tertiary/aromatic N) is 1. The van der Waals surface area contributed by atoms with Gasteiger partial charge in [-0.25, -0.2) is 8.78 Å². The van der Waals surface area contributed by atoms with E-state index in [4.69, 9.17) is 0 Å². The quantitative estimate of drug-likeness (QED) is 0.785. The number of hydrogen-bond donors (Lipinski definition) is 1. The minimum absolute atomic E-state index is 0.0385. The first-order valence-electron chi connectivity index (χ1n) is 7.44. The number of likely N-dealkylation sites (tertiary alicyclic amines) is 1. The Hall–Kier alpha value is -0.360. The molecule has 2 nitrogen and oxygen atoms in total. The molecule has 1 N–H and O–H groups in total. The van der Waals surface area contributed by atoms with Gasteiger partial charge in [0.25, 0.3) is 0 Å². The van der Waals surface area contributed by atoms with E-state index >= 15 is 0 Å². The average Bonchev–Trinajstić information content (AvgIpc) is 2.34. The number of piperidine rings is 1. The van der Waals surface area contributed by atoms with E-state index in [1.165, 1.54) is 0 Å². The van der Waals surface area contributed by atoms with Gasteiger partial charge >= 0.3 is 12.3 Å². The number of rotatable bonds is 5. The van der Waals surface area contributed by atoms with Crippen molar-refractivity contribution < 1.29 is 17.6 Å². The fourth-order valence-electron chi connectivity index (χ4n) is 3.56. The van der Waals surface area contributed by atoms with Crippen molar-refractivity contribution in [3.8, 4) is 0 Å². The SMILES string of the molecule is CC(C)N1CC2CCCC(C1)C2NCC(F)(F)C(F)F. The summed E-state index contributed by atoms with van der Waals surface area (Å²) in [6.45, 7) is 5.12. The molecule has 2 fully saturated rings. The van der Waals surface area contributed by atoms with Gasteiger partial charge in [0.2, 0.25) is 0 Å². The molecule has 2 rings (SSSR count). The van der Waals surface area contributed by atoms with Crippen LogP contribution in [0.25, 0.3) is 0 Å². The smallest absolute Gasteiger partial charge is 0.308 e. The highest BCUT2D eigenvalue weighted by Gasteiger charge is 2.44. The van der Waals surface area contributed by atoms with Crippen molar-refractivity contribution in [2.75, 3.05) is 19.6 Å². The highest BCUT2D eigenvalue weighted by atomic mass is 19.3. The van der Waals surface area contributed by atoms with Gasteiger partial charge in [0.05, 0.1) is 6.54 Å². The Morgan fingerprint density at radius 1 is 1.15 bits per heavy atom. The number of halogens is 4. The molecule has 1 saturated heterocycles. The van der Waals surface area contributed by atoms with Crippen LogP contribution >= 0.6 is 0 Å². The molecule has 20 heavy (non-hydrogen) atoms. The lowest BCUT2D eigenvalue weighted by atomic mass is 9.73. The van der Waals surface area contributed by atoms with E-state index in [0.29, 0.717) is 17.9 Å². The Bertz CT molecular complexity index is 308. The summed E-state index contributed by atoms with van der Waals surface area (Å²) in [6.07, 6.45) is -0.481. The molecule has 1 heterocycles. The molecule has 1 aliphatic heterocycles. The Morgan fingerprint density at radius 2 is 1.70 bits per heavy atom. The summed E-state index contributed by atoms with van der Waals surface area (Å²) in [5.41, 5.74) is 0. The van der Waals surface area contributed by atoms with Crippen LogP contribution in [0.4, 0.5) is 17.6 Å². The monoisotopic (exact) mass is 296 g/mol. The first-order chi connectivity index (χ1) is 9.31. The summed E-state index contributed by atoms with van der Waals surface area (Å²) in [5, 5.41) is 2.75. The maximum atomic E-state index is 13.1. The van der Waals surface area contributed by atoms with Crippen molar-refractivity contribution in [1.82, 2.24) is 10.2 Å². The number of fused-ring (bicyclic) bond motifs is 2. The van der Waals surface area contributed by atoms with Crippen LogP contribution in [0.15, 0.2) is 0 Å². The Kier molecular flexibility index (Phi) is 4.95. The number of hydrogen-bond acceptors (Lipinski definition) is 2. The molecule has 2 atom stereocenters. The van der Waals surface area contributed by atoms with E-state index in [2.05, 4.69) is 24.1 Å². The molecule has 1 aliphatic carbocycles. The highest BCUT2D eigenvalue weighted by Crippen LogP contribution is 2.36. The zero-order valence-electron chi connectivity index (χ0n) is 12.1. The van der Waals surface area contributed by atoms with Crippen LogP contribution in [0.5, 0.6) is 0 Å². The van der Waals surface area contributed by atoms with Crippen molar-refractivity contribution in [2.45, 2.75) is 57.5 Å². The Labute approximate surface area is 117 Å². The van der Waals surface area contributed by atoms with Gasteiger partial charge in [-0.15, -0.1) is 0 Å². The van der Waals surface area contributed by atoms with Crippen LogP contribution in [-0.2, 0) is 0 Å². The molecule has 0 aromatic carbocycles. The predicted octanol–water partition coefficient (Wildman–Crippen LogP) is 2.99. The molecule has 118 valence electrons. The highest BCUT2D eigenvalue weighted by molar-refractivity contribution is 4.96. The largest absolute Gasteiger partial charge is 0.319 e. The molecule has 1 saturated carbocycles. The van der Waals surface area contributed by atoms with E-state index in [9.17, 15) is 17.6 Å². The Morgan fingerprint density at radius 3 is 2.15 bits per heavy atom. The normalized spacial score (nSPS) is 32.1. The second-order valence-corrected chi connectivity index (χ2v) is 6.47. The van der Waals surface area contributed by atoms with Crippen molar-refractivity contribution in [2.24, 2.45) is 11.8 Å². The van der Waals surface area contributed by atoms with Crippen molar-refractivity contribution in [1.29, 1.82) is 0 Å². The minimum Gasteiger partial charge on any atom is -0.308 e. The summed E-state index contributed by atoms with van der Waals surface area (Å²) in [6, 6.07) is 0.407. The van der Waals surface area contributed by atoms with Gasteiger partial charge in [-0.05, 0) is 38.5 Å². The third-order valence-corrected chi connectivity index (χ3v) is 4.73. The van der Waals surface area contributed by atoms with E-state index in [1.807, 2.05) is 0 Å². The molecule has 2 aliphatic rings. The van der Waals surface area contributed by atoms with E-state index in [0.717, 1.165) is 32.4 Å². The number of nitrogens with one attached hydrogen (secondary N) is 1.